The summed E-state index contributed by atoms with van der Waals surface area (Å²) >= 11 is 0. The zero-order valence-electron chi connectivity index (χ0n) is 10.5. The fourth-order valence-corrected chi connectivity index (χ4v) is 2.13. The Morgan fingerprint density at radius 3 is 3.05 bits per heavy atom. The highest BCUT2D eigenvalue weighted by molar-refractivity contribution is 5.83. The molecule has 0 aliphatic heterocycles. The van der Waals surface area contributed by atoms with E-state index in [1.807, 2.05) is 6.20 Å². The van der Waals surface area contributed by atoms with Crippen molar-refractivity contribution in [3.05, 3.63) is 35.8 Å². The van der Waals surface area contributed by atoms with Crippen LogP contribution in [0.5, 0.6) is 0 Å². The Hall–Kier alpha value is -2.04. The monoisotopic (exact) mass is 261 g/mol. The third kappa shape index (κ3) is 2.86. The number of hydrogen-bond donors (Lipinski definition) is 3. The van der Waals surface area contributed by atoms with Crippen molar-refractivity contribution in [2.45, 2.75) is 25.3 Å². The molecule has 4 nitrogen and oxygen atoms in total. The van der Waals surface area contributed by atoms with Gasteiger partial charge in [-0.15, -0.1) is 0 Å². The third-order valence-corrected chi connectivity index (χ3v) is 3.32. The van der Waals surface area contributed by atoms with Gasteiger partial charge in [-0.2, -0.15) is 0 Å². The van der Waals surface area contributed by atoms with Gasteiger partial charge in [0.25, 0.3) is 0 Å². The summed E-state index contributed by atoms with van der Waals surface area (Å²) in [7, 11) is 0. The number of aromatic nitrogens is 1. The van der Waals surface area contributed by atoms with E-state index in [2.05, 4.69) is 15.6 Å². The molecule has 1 aromatic heterocycles. The smallest absolute Gasteiger partial charge is 0.315 e. The second kappa shape index (κ2) is 4.91. The highest BCUT2D eigenvalue weighted by Crippen LogP contribution is 2.20. The van der Waals surface area contributed by atoms with E-state index in [0.29, 0.717) is 19.0 Å². The molecule has 0 unspecified atom stereocenters. The summed E-state index contributed by atoms with van der Waals surface area (Å²) in [6.45, 7) is 0.544. The maximum Gasteiger partial charge on any atom is 0.315 e. The summed E-state index contributed by atoms with van der Waals surface area (Å²) < 4.78 is 13.2. The van der Waals surface area contributed by atoms with Gasteiger partial charge >= 0.3 is 6.03 Å². The fraction of sp³-hybridized carbons (Fsp3) is 0.357. The number of benzene rings is 1. The van der Waals surface area contributed by atoms with Gasteiger partial charge in [0.05, 0.1) is 0 Å². The van der Waals surface area contributed by atoms with E-state index < -0.39 is 0 Å². The molecule has 0 bridgehead atoms. The van der Waals surface area contributed by atoms with Gasteiger partial charge in [-0.25, -0.2) is 9.18 Å². The van der Waals surface area contributed by atoms with Crippen molar-refractivity contribution in [1.82, 2.24) is 15.6 Å². The minimum atomic E-state index is -0.243. The van der Waals surface area contributed by atoms with Crippen LogP contribution in [0.25, 0.3) is 10.9 Å². The van der Waals surface area contributed by atoms with Gasteiger partial charge < -0.3 is 15.6 Å². The molecule has 1 aliphatic carbocycles. The number of hydrogen-bond acceptors (Lipinski definition) is 1. The molecule has 1 fully saturated rings. The van der Waals surface area contributed by atoms with Gasteiger partial charge in [0.2, 0.25) is 0 Å². The van der Waals surface area contributed by atoms with Crippen molar-refractivity contribution in [2.24, 2.45) is 0 Å². The van der Waals surface area contributed by atoms with Crippen molar-refractivity contribution < 1.29 is 9.18 Å². The average molecular weight is 261 g/mol. The maximum atomic E-state index is 13.2. The number of aromatic amines is 1. The first-order valence-corrected chi connectivity index (χ1v) is 6.52. The van der Waals surface area contributed by atoms with Crippen LogP contribution >= 0.6 is 0 Å². The number of rotatable bonds is 4. The van der Waals surface area contributed by atoms with E-state index in [1.54, 1.807) is 6.07 Å². The first-order chi connectivity index (χ1) is 9.22. The number of urea groups is 1. The zero-order chi connectivity index (χ0) is 13.2. The molecule has 1 aliphatic rings. The van der Waals surface area contributed by atoms with Gasteiger partial charge in [0.15, 0.2) is 0 Å². The number of carbonyl (C=O) groups excluding carboxylic acids is 1. The van der Waals surface area contributed by atoms with Crippen molar-refractivity contribution in [3.8, 4) is 0 Å². The second-order valence-corrected chi connectivity index (χ2v) is 4.93. The molecule has 1 heterocycles. The topological polar surface area (TPSA) is 56.9 Å². The highest BCUT2D eigenvalue weighted by Gasteiger charge is 2.22. The quantitative estimate of drug-likeness (QED) is 0.777. The summed E-state index contributed by atoms with van der Waals surface area (Å²) in [5.74, 6) is -0.243. The molecular weight excluding hydrogens is 245 g/mol. The van der Waals surface area contributed by atoms with Crippen LogP contribution in [0.3, 0.4) is 0 Å². The minimum Gasteiger partial charge on any atom is -0.361 e. The molecule has 100 valence electrons. The van der Waals surface area contributed by atoms with Gasteiger partial charge in [0, 0.05) is 29.7 Å². The molecule has 0 atom stereocenters. The lowest BCUT2D eigenvalue weighted by molar-refractivity contribution is 0.240. The summed E-state index contributed by atoms with van der Waals surface area (Å²) in [6, 6.07) is 4.92. The van der Waals surface area contributed by atoms with Crippen LogP contribution in [0.2, 0.25) is 0 Å². The van der Waals surface area contributed by atoms with Crippen LogP contribution in [0, 0.1) is 5.82 Å². The molecule has 5 heteroatoms. The third-order valence-electron chi connectivity index (χ3n) is 3.32. The number of amides is 2. The number of carbonyl (C=O) groups is 1. The molecule has 3 rings (SSSR count). The SMILES string of the molecule is O=C(NCCc1c[nH]c2ccc(F)cc12)NC1CC1. The molecule has 0 saturated heterocycles. The first kappa shape index (κ1) is 12.0. The zero-order valence-corrected chi connectivity index (χ0v) is 10.5. The summed E-state index contributed by atoms with van der Waals surface area (Å²) in [5, 5.41) is 6.56. The first-order valence-electron chi connectivity index (χ1n) is 6.52. The summed E-state index contributed by atoms with van der Waals surface area (Å²) in [5.41, 5.74) is 1.93. The van der Waals surface area contributed by atoms with Crippen molar-refractivity contribution >= 4 is 16.9 Å². The Morgan fingerprint density at radius 2 is 2.26 bits per heavy atom. The second-order valence-electron chi connectivity index (χ2n) is 4.93. The lowest BCUT2D eigenvalue weighted by Crippen LogP contribution is -2.37. The van der Waals surface area contributed by atoms with Crippen molar-refractivity contribution in [3.63, 3.8) is 0 Å². The molecule has 3 N–H and O–H groups in total. The molecular formula is C14H16FN3O. The van der Waals surface area contributed by atoms with Crippen LogP contribution in [-0.2, 0) is 6.42 Å². The Balaban J connectivity index is 1.58. The van der Waals surface area contributed by atoms with E-state index in [9.17, 15) is 9.18 Å². The molecule has 2 amide bonds. The molecule has 1 aromatic carbocycles. The summed E-state index contributed by atoms with van der Waals surface area (Å²) in [4.78, 5) is 14.6. The predicted molar refractivity (Wildman–Crippen MR) is 71.5 cm³/mol. The van der Waals surface area contributed by atoms with Crippen LogP contribution < -0.4 is 10.6 Å². The Bertz CT molecular complexity index is 604. The molecule has 2 aromatic rings. The van der Waals surface area contributed by atoms with Crippen molar-refractivity contribution in [2.75, 3.05) is 6.54 Å². The Morgan fingerprint density at radius 1 is 1.42 bits per heavy atom. The number of halogens is 1. The van der Waals surface area contributed by atoms with Crippen LogP contribution in [0.1, 0.15) is 18.4 Å². The number of nitrogens with one attached hydrogen (secondary N) is 3. The van der Waals surface area contributed by atoms with Gasteiger partial charge in [-0.3, -0.25) is 0 Å². The van der Waals surface area contributed by atoms with Gasteiger partial charge in [-0.1, -0.05) is 0 Å². The van der Waals surface area contributed by atoms with Crippen LogP contribution in [0.15, 0.2) is 24.4 Å². The summed E-state index contributed by atoms with van der Waals surface area (Å²) in [6.07, 6.45) is 4.70. The van der Waals surface area contributed by atoms with E-state index in [1.165, 1.54) is 12.1 Å². The standard InChI is InChI=1S/C14H16FN3O/c15-10-1-4-13-12(7-10)9(8-17-13)5-6-16-14(19)18-11-2-3-11/h1,4,7-8,11,17H,2-3,5-6H2,(H2,16,18,19). The predicted octanol–water partition coefficient (Wildman–Crippen LogP) is 2.31. The maximum absolute atomic E-state index is 13.2. The molecule has 0 radical (unpaired) electrons. The normalized spacial score (nSPS) is 14.6. The Labute approximate surface area is 110 Å². The lowest BCUT2D eigenvalue weighted by atomic mass is 10.1. The Kier molecular flexibility index (Phi) is 3.11. The molecule has 1 saturated carbocycles. The highest BCUT2D eigenvalue weighted by atomic mass is 19.1. The van der Waals surface area contributed by atoms with E-state index in [4.69, 9.17) is 0 Å². The molecule has 19 heavy (non-hydrogen) atoms. The van der Waals surface area contributed by atoms with E-state index in [0.717, 1.165) is 29.3 Å². The largest absolute Gasteiger partial charge is 0.361 e. The van der Waals surface area contributed by atoms with Crippen LogP contribution in [-0.4, -0.2) is 23.6 Å². The number of fused-ring (bicyclic) bond motifs is 1. The van der Waals surface area contributed by atoms with Gasteiger partial charge in [-0.05, 0) is 43.0 Å². The van der Waals surface area contributed by atoms with Gasteiger partial charge in [0.1, 0.15) is 5.82 Å². The minimum absolute atomic E-state index is 0.117. The van der Waals surface area contributed by atoms with E-state index >= 15 is 0 Å². The molecule has 0 spiro atoms. The fourth-order valence-electron chi connectivity index (χ4n) is 2.13. The number of H-pyrrole nitrogens is 1. The lowest BCUT2D eigenvalue weighted by Gasteiger charge is -2.05. The average Bonchev–Trinajstić information content (AvgIpc) is 3.10. The van der Waals surface area contributed by atoms with E-state index in [-0.39, 0.29) is 11.8 Å². The van der Waals surface area contributed by atoms with Crippen molar-refractivity contribution in [1.29, 1.82) is 0 Å². The van der Waals surface area contributed by atoms with Crippen LogP contribution in [0.4, 0.5) is 9.18 Å².